The van der Waals surface area contributed by atoms with Crippen molar-refractivity contribution < 1.29 is 0 Å². The first-order valence-corrected chi connectivity index (χ1v) is 6.08. The molecule has 1 fully saturated rings. The molecule has 0 N–H and O–H groups in total. The van der Waals surface area contributed by atoms with Crippen molar-refractivity contribution in [1.29, 1.82) is 0 Å². The zero-order valence-corrected chi connectivity index (χ0v) is 9.95. The second-order valence-corrected chi connectivity index (χ2v) is 4.69. The number of rotatable bonds is 3. The largest absolute Gasteiger partial charge is 0.297 e. The van der Waals surface area contributed by atoms with Crippen LogP contribution in [0.1, 0.15) is 18.5 Å². The molecule has 2 rings (SSSR count). The minimum atomic E-state index is 0.670. The number of nitrogens with zero attached hydrogens (tertiary/aromatic N) is 3. The Morgan fingerprint density at radius 2 is 2.47 bits per heavy atom. The third kappa shape index (κ3) is 2.95. The van der Waals surface area contributed by atoms with E-state index in [0.29, 0.717) is 5.92 Å². The van der Waals surface area contributed by atoms with Crippen molar-refractivity contribution in [3.63, 3.8) is 0 Å². The highest BCUT2D eigenvalue weighted by molar-refractivity contribution is 6.18. The van der Waals surface area contributed by atoms with Gasteiger partial charge in [0.25, 0.3) is 0 Å². The quantitative estimate of drug-likeness (QED) is 0.736. The summed E-state index contributed by atoms with van der Waals surface area (Å²) in [5.74, 6) is 1.46. The Morgan fingerprint density at radius 3 is 3.13 bits per heavy atom. The molecule has 1 aromatic heterocycles. The Bertz CT molecular complexity index is 311. The van der Waals surface area contributed by atoms with Crippen LogP contribution in [0.4, 0.5) is 0 Å². The molecular formula is C11H18ClN3. The van der Waals surface area contributed by atoms with Gasteiger partial charge in [-0.05, 0) is 31.4 Å². The van der Waals surface area contributed by atoms with Crippen LogP contribution in [0.5, 0.6) is 0 Å². The molecule has 0 aliphatic carbocycles. The van der Waals surface area contributed by atoms with Crippen LogP contribution in [-0.2, 0) is 13.6 Å². The molecule has 1 aromatic rings. The fraction of sp³-hybridized carbons (Fsp3) is 0.727. The van der Waals surface area contributed by atoms with Gasteiger partial charge in [-0.1, -0.05) is 0 Å². The summed E-state index contributed by atoms with van der Waals surface area (Å²) in [5.41, 5.74) is 1.16. The Kier molecular flexibility index (Phi) is 3.65. The van der Waals surface area contributed by atoms with Crippen LogP contribution in [0.15, 0.2) is 12.3 Å². The van der Waals surface area contributed by atoms with Gasteiger partial charge in [0.1, 0.15) is 0 Å². The van der Waals surface area contributed by atoms with E-state index in [-0.39, 0.29) is 0 Å². The summed E-state index contributed by atoms with van der Waals surface area (Å²) < 4.78 is 1.86. The van der Waals surface area contributed by atoms with E-state index >= 15 is 0 Å². The molecule has 0 saturated carbocycles. The van der Waals surface area contributed by atoms with Crippen molar-refractivity contribution in [2.24, 2.45) is 13.0 Å². The first-order chi connectivity index (χ1) is 7.28. The van der Waals surface area contributed by atoms with Crippen LogP contribution in [-0.4, -0.2) is 33.6 Å². The van der Waals surface area contributed by atoms with Gasteiger partial charge in [-0.15, -0.1) is 11.6 Å². The highest BCUT2D eigenvalue weighted by atomic mass is 35.5. The minimum absolute atomic E-state index is 0.670. The lowest BCUT2D eigenvalue weighted by Crippen LogP contribution is -2.35. The van der Waals surface area contributed by atoms with E-state index in [2.05, 4.69) is 16.1 Å². The molecule has 0 bridgehead atoms. The van der Waals surface area contributed by atoms with Crippen LogP contribution in [0.3, 0.4) is 0 Å². The maximum Gasteiger partial charge on any atom is 0.0764 e. The molecule has 1 aliphatic rings. The van der Waals surface area contributed by atoms with E-state index in [4.69, 9.17) is 11.6 Å². The molecule has 15 heavy (non-hydrogen) atoms. The van der Waals surface area contributed by atoms with Crippen LogP contribution < -0.4 is 0 Å². The number of hydrogen-bond donors (Lipinski definition) is 0. The summed E-state index contributed by atoms with van der Waals surface area (Å²) in [6.45, 7) is 3.28. The fourth-order valence-corrected chi connectivity index (χ4v) is 2.45. The Morgan fingerprint density at radius 1 is 1.60 bits per heavy atom. The summed E-state index contributed by atoms with van der Waals surface area (Å²) in [6.07, 6.45) is 4.55. The average molecular weight is 228 g/mol. The van der Waals surface area contributed by atoms with E-state index in [1.807, 2.05) is 17.9 Å². The van der Waals surface area contributed by atoms with Gasteiger partial charge in [0.2, 0.25) is 0 Å². The van der Waals surface area contributed by atoms with Crippen molar-refractivity contribution in [3.05, 3.63) is 18.0 Å². The summed E-state index contributed by atoms with van der Waals surface area (Å²) in [5, 5.41) is 4.40. The normalized spacial score (nSPS) is 23.2. The third-order valence-electron chi connectivity index (χ3n) is 2.98. The predicted octanol–water partition coefficient (Wildman–Crippen LogP) is 1.87. The molecule has 1 saturated heterocycles. The van der Waals surface area contributed by atoms with E-state index in [0.717, 1.165) is 24.7 Å². The smallest absolute Gasteiger partial charge is 0.0764 e. The van der Waals surface area contributed by atoms with Gasteiger partial charge in [-0.3, -0.25) is 9.58 Å². The number of likely N-dealkylation sites (tertiary alicyclic amines) is 1. The number of halogens is 1. The fourth-order valence-electron chi connectivity index (χ4n) is 2.20. The van der Waals surface area contributed by atoms with Crippen LogP contribution in [0.25, 0.3) is 0 Å². The zero-order chi connectivity index (χ0) is 10.7. The van der Waals surface area contributed by atoms with Gasteiger partial charge in [-0.2, -0.15) is 5.10 Å². The lowest BCUT2D eigenvalue weighted by atomic mass is 10.00. The number of alkyl halides is 1. The predicted molar refractivity (Wildman–Crippen MR) is 61.9 cm³/mol. The van der Waals surface area contributed by atoms with Gasteiger partial charge in [0.15, 0.2) is 0 Å². The standard InChI is InChI=1S/C11H18ClN3/c1-14-6-4-11(13-14)9-15-5-2-3-10(7-12)8-15/h4,6,10H,2-3,5,7-9H2,1H3. The zero-order valence-electron chi connectivity index (χ0n) is 9.19. The molecule has 2 heterocycles. The van der Waals surface area contributed by atoms with Crippen molar-refractivity contribution in [2.45, 2.75) is 19.4 Å². The van der Waals surface area contributed by atoms with Crippen LogP contribution >= 0.6 is 11.6 Å². The number of hydrogen-bond acceptors (Lipinski definition) is 2. The van der Waals surface area contributed by atoms with Gasteiger partial charge in [0.05, 0.1) is 5.69 Å². The van der Waals surface area contributed by atoms with E-state index in [9.17, 15) is 0 Å². The topological polar surface area (TPSA) is 21.1 Å². The van der Waals surface area contributed by atoms with Gasteiger partial charge in [-0.25, -0.2) is 0 Å². The number of piperidine rings is 1. The third-order valence-corrected chi connectivity index (χ3v) is 3.41. The van der Waals surface area contributed by atoms with Gasteiger partial charge < -0.3 is 0 Å². The summed E-state index contributed by atoms with van der Waals surface area (Å²) >= 11 is 5.91. The van der Waals surface area contributed by atoms with Crippen molar-refractivity contribution in [1.82, 2.24) is 14.7 Å². The Balaban J connectivity index is 1.88. The van der Waals surface area contributed by atoms with Crippen molar-refractivity contribution >= 4 is 11.6 Å². The van der Waals surface area contributed by atoms with Gasteiger partial charge >= 0.3 is 0 Å². The molecule has 84 valence electrons. The summed E-state index contributed by atoms with van der Waals surface area (Å²) in [7, 11) is 1.96. The average Bonchev–Trinajstić information content (AvgIpc) is 2.64. The molecular weight excluding hydrogens is 210 g/mol. The summed E-state index contributed by atoms with van der Waals surface area (Å²) in [6, 6.07) is 2.09. The number of aryl methyl sites for hydroxylation is 1. The maximum absolute atomic E-state index is 5.91. The lowest BCUT2D eigenvalue weighted by Gasteiger charge is -2.31. The highest BCUT2D eigenvalue weighted by Gasteiger charge is 2.19. The molecule has 1 atom stereocenters. The first kappa shape index (κ1) is 11.0. The SMILES string of the molecule is Cn1ccc(CN2CCCC(CCl)C2)n1. The number of aromatic nitrogens is 2. The van der Waals surface area contributed by atoms with Crippen LogP contribution in [0.2, 0.25) is 0 Å². The van der Waals surface area contributed by atoms with Crippen molar-refractivity contribution in [3.8, 4) is 0 Å². The lowest BCUT2D eigenvalue weighted by molar-refractivity contribution is 0.176. The van der Waals surface area contributed by atoms with E-state index < -0.39 is 0 Å². The molecule has 1 aliphatic heterocycles. The maximum atomic E-state index is 5.91. The van der Waals surface area contributed by atoms with Crippen molar-refractivity contribution in [2.75, 3.05) is 19.0 Å². The molecule has 3 nitrogen and oxygen atoms in total. The molecule has 0 aromatic carbocycles. The highest BCUT2D eigenvalue weighted by Crippen LogP contribution is 2.18. The van der Waals surface area contributed by atoms with E-state index in [1.54, 1.807) is 0 Å². The first-order valence-electron chi connectivity index (χ1n) is 5.55. The van der Waals surface area contributed by atoms with E-state index in [1.165, 1.54) is 19.4 Å². The molecule has 4 heteroatoms. The second kappa shape index (κ2) is 4.99. The van der Waals surface area contributed by atoms with Crippen LogP contribution in [0, 0.1) is 5.92 Å². The monoisotopic (exact) mass is 227 g/mol. The summed E-state index contributed by atoms with van der Waals surface area (Å²) in [4.78, 5) is 2.46. The Hall–Kier alpha value is -0.540. The molecule has 1 unspecified atom stereocenters. The minimum Gasteiger partial charge on any atom is -0.297 e. The second-order valence-electron chi connectivity index (χ2n) is 4.38. The Labute approximate surface area is 96.0 Å². The molecule has 0 radical (unpaired) electrons. The van der Waals surface area contributed by atoms with Gasteiger partial charge in [0, 0.05) is 32.2 Å². The molecule has 0 spiro atoms. The molecule has 0 amide bonds.